The highest BCUT2D eigenvalue weighted by atomic mass is 16.5. The SMILES string of the molecule is C[C@@H](CC(=O)N1CCCCCC1)NCC1(N(C)C)CCOCC1. The second-order valence-electron chi connectivity index (χ2n) is 7.51. The van der Waals surface area contributed by atoms with Crippen molar-refractivity contribution in [3.63, 3.8) is 0 Å². The fraction of sp³-hybridized carbons (Fsp3) is 0.944. The Hall–Kier alpha value is -0.650. The molecule has 1 amide bonds. The maximum absolute atomic E-state index is 12.5. The summed E-state index contributed by atoms with van der Waals surface area (Å²) in [6.07, 6.45) is 7.59. The molecule has 0 saturated carbocycles. The molecule has 2 rings (SSSR count). The number of amides is 1. The van der Waals surface area contributed by atoms with Gasteiger partial charge >= 0.3 is 0 Å². The lowest BCUT2D eigenvalue weighted by molar-refractivity contribution is -0.131. The van der Waals surface area contributed by atoms with Crippen LogP contribution in [0.5, 0.6) is 0 Å². The number of likely N-dealkylation sites (tertiary alicyclic amines) is 1. The van der Waals surface area contributed by atoms with Crippen LogP contribution in [0.25, 0.3) is 0 Å². The van der Waals surface area contributed by atoms with E-state index in [-0.39, 0.29) is 11.6 Å². The first-order valence-corrected chi connectivity index (χ1v) is 9.30. The zero-order valence-electron chi connectivity index (χ0n) is 15.3. The molecule has 134 valence electrons. The minimum absolute atomic E-state index is 0.165. The van der Waals surface area contributed by atoms with Crippen molar-refractivity contribution in [2.75, 3.05) is 46.9 Å². The Bertz CT molecular complexity index is 359. The molecule has 0 unspecified atom stereocenters. The van der Waals surface area contributed by atoms with Gasteiger partial charge in [-0.1, -0.05) is 12.8 Å². The Morgan fingerprint density at radius 1 is 1.17 bits per heavy atom. The van der Waals surface area contributed by atoms with Crippen LogP contribution in [0.15, 0.2) is 0 Å². The summed E-state index contributed by atoms with van der Waals surface area (Å²) in [5.41, 5.74) is 0.165. The third-order valence-corrected chi connectivity index (χ3v) is 5.59. The Kier molecular flexibility index (Phi) is 7.31. The number of nitrogens with one attached hydrogen (secondary N) is 1. The van der Waals surface area contributed by atoms with Gasteiger partial charge in [0.2, 0.25) is 5.91 Å². The number of ether oxygens (including phenoxy) is 1. The number of hydrogen-bond acceptors (Lipinski definition) is 4. The smallest absolute Gasteiger partial charge is 0.224 e. The van der Waals surface area contributed by atoms with Crippen molar-refractivity contribution in [3.8, 4) is 0 Å². The molecule has 0 spiro atoms. The first-order chi connectivity index (χ1) is 11.0. The van der Waals surface area contributed by atoms with Gasteiger partial charge in [-0.25, -0.2) is 0 Å². The molecule has 1 atom stereocenters. The molecule has 2 aliphatic rings. The molecule has 0 bridgehead atoms. The van der Waals surface area contributed by atoms with E-state index in [1.165, 1.54) is 12.8 Å². The lowest BCUT2D eigenvalue weighted by Crippen LogP contribution is -2.56. The summed E-state index contributed by atoms with van der Waals surface area (Å²) in [5.74, 6) is 0.317. The molecule has 2 fully saturated rings. The van der Waals surface area contributed by atoms with Gasteiger partial charge in [0.25, 0.3) is 0 Å². The number of rotatable bonds is 6. The molecule has 2 aliphatic heterocycles. The summed E-state index contributed by atoms with van der Waals surface area (Å²) >= 11 is 0. The molecule has 0 aromatic rings. The van der Waals surface area contributed by atoms with Crippen molar-refractivity contribution in [2.45, 2.75) is 63.5 Å². The summed E-state index contributed by atoms with van der Waals surface area (Å²) < 4.78 is 5.52. The average Bonchev–Trinajstić information content (AvgIpc) is 2.83. The molecule has 2 heterocycles. The number of nitrogens with zero attached hydrogens (tertiary/aromatic N) is 2. The van der Waals surface area contributed by atoms with Crippen molar-refractivity contribution in [1.82, 2.24) is 15.1 Å². The van der Waals surface area contributed by atoms with E-state index in [9.17, 15) is 4.79 Å². The highest BCUT2D eigenvalue weighted by Gasteiger charge is 2.34. The maximum Gasteiger partial charge on any atom is 0.224 e. The van der Waals surface area contributed by atoms with Gasteiger partial charge in [0, 0.05) is 50.8 Å². The van der Waals surface area contributed by atoms with E-state index in [2.05, 4.69) is 36.1 Å². The van der Waals surface area contributed by atoms with Gasteiger partial charge in [0.1, 0.15) is 0 Å². The lowest BCUT2D eigenvalue weighted by Gasteiger charge is -2.43. The molecule has 2 saturated heterocycles. The molecule has 5 heteroatoms. The summed E-state index contributed by atoms with van der Waals surface area (Å²) in [6.45, 7) is 6.63. The van der Waals surface area contributed by atoms with Crippen molar-refractivity contribution in [2.24, 2.45) is 0 Å². The standard InChI is InChI=1S/C18H35N3O2/c1-16(14-17(22)21-10-6-4-5-7-11-21)19-15-18(20(2)3)8-12-23-13-9-18/h16,19H,4-15H2,1-3H3/t16-/m0/s1. The van der Waals surface area contributed by atoms with Gasteiger partial charge < -0.3 is 19.9 Å². The normalized spacial score (nSPS) is 23.6. The fourth-order valence-electron chi connectivity index (χ4n) is 3.68. The Balaban J connectivity index is 1.78. The van der Waals surface area contributed by atoms with Gasteiger partial charge in [0.15, 0.2) is 0 Å². The number of likely N-dealkylation sites (N-methyl/N-ethyl adjacent to an activating group) is 1. The van der Waals surface area contributed by atoms with E-state index in [0.717, 1.165) is 58.5 Å². The molecule has 23 heavy (non-hydrogen) atoms. The van der Waals surface area contributed by atoms with Crippen LogP contribution in [-0.4, -0.2) is 74.2 Å². The maximum atomic E-state index is 12.5. The van der Waals surface area contributed by atoms with Crippen molar-refractivity contribution < 1.29 is 9.53 Å². The zero-order chi connectivity index (χ0) is 16.7. The van der Waals surface area contributed by atoms with Crippen LogP contribution in [0.3, 0.4) is 0 Å². The van der Waals surface area contributed by atoms with Crippen LogP contribution in [0, 0.1) is 0 Å². The minimum atomic E-state index is 0.165. The Labute approximate surface area is 141 Å². The first-order valence-electron chi connectivity index (χ1n) is 9.30. The first kappa shape index (κ1) is 18.7. The van der Waals surface area contributed by atoms with Crippen LogP contribution in [0.1, 0.15) is 51.9 Å². The predicted molar refractivity (Wildman–Crippen MR) is 93.6 cm³/mol. The third kappa shape index (κ3) is 5.44. The molecule has 0 aliphatic carbocycles. The molecular weight excluding hydrogens is 290 g/mol. The molecular formula is C18H35N3O2. The number of hydrogen-bond donors (Lipinski definition) is 1. The summed E-state index contributed by atoms with van der Waals surface area (Å²) in [4.78, 5) is 16.9. The highest BCUT2D eigenvalue weighted by molar-refractivity contribution is 5.76. The van der Waals surface area contributed by atoms with E-state index in [1.807, 2.05) is 0 Å². The van der Waals surface area contributed by atoms with Gasteiger partial charge in [0.05, 0.1) is 0 Å². The quantitative estimate of drug-likeness (QED) is 0.810. The van der Waals surface area contributed by atoms with E-state index >= 15 is 0 Å². The molecule has 0 radical (unpaired) electrons. The van der Waals surface area contributed by atoms with Gasteiger partial charge in [-0.2, -0.15) is 0 Å². The topological polar surface area (TPSA) is 44.8 Å². The Morgan fingerprint density at radius 3 is 2.35 bits per heavy atom. The van der Waals surface area contributed by atoms with Gasteiger partial charge in [-0.15, -0.1) is 0 Å². The predicted octanol–water partition coefficient (Wildman–Crippen LogP) is 1.87. The van der Waals surface area contributed by atoms with Crippen molar-refractivity contribution >= 4 is 5.91 Å². The van der Waals surface area contributed by atoms with Crippen LogP contribution in [0.4, 0.5) is 0 Å². The Morgan fingerprint density at radius 2 is 1.78 bits per heavy atom. The van der Waals surface area contributed by atoms with Crippen molar-refractivity contribution in [3.05, 3.63) is 0 Å². The lowest BCUT2D eigenvalue weighted by atomic mass is 9.88. The van der Waals surface area contributed by atoms with Crippen molar-refractivity contribution in [1.29, 1.82) is 0 Å². The second-order valence-corrected chi connectivity index (χ2v) is 7.51. The summed E-state index contributed by atoms with van der Waals surface area (Å²) in [5, 5.41) is 3.62. The number of carbonyl (C=O) groups excluding carboxylic acids is 1. The van der Waals surface area contributed by atoms with E-state index in [0.29, 0.717) is 12.3 Å². The molecule has 1 N–H and O–H groups in total. The van der Waals surface area contributed by atoms with E-state index in [1.54, 1.807) is 0 Å². The highest BCUT2D eigenvalue weighted by Crippen LogP contribution is 2.25. The minimum Gasteiger partial charge on any atom is -0.381 e. The largest absolute Gasteiger partial charge is 0.381 e. The van der Waals surface area contributed by atoms with Crippen LogP contribution < -0.4 is 5.32 Å². The molecule has 5 nitrogen and oxygen atoms in total. The molecule has 0 aromatic heterocycles. The van der Waals surface area contributed by atoms with Crippen LogP contribution in [-0.2, 0) is 9.53 Å². The van der Waals surface area contributed by atoms with E-state index in [4.69, 9.17) is 4.74 Å². The summed E-state index contributed by atoms with van der Waals surface area (Å²) in [7, 11) is 4.31. The zero-order valence-corrected chi connectivity index (χ0v) is 15.3. The fourth-order valence-corrected chi connectivity index (χ4v) is 3.68. The second kappa shape index (κ2) is 9.00. The summed E-state index contributed by atoms with van der Waals surface area (Å²) in [6, 6.07) is 0.227. The van der Waals surface area contributed by atoms with E-state index < -0.39 is 0 Å². The number of carbonyl (C=O) groups is 1. The van der Waals surface area contributed by atoms with Crippen LogP contribution >= 0.6 is 0 Å². The molecule has 0 aromatic carbocycles. The average molecular weight is 325 g/mol. The monoisotopic (exact) mass is 325 g/mol. The van der Waals surface area contributed by atoms with Crippen LogP contribution in [0.2, 0.25) is 0 Å². The van der Waals surface area contributed by atoms with Gasteiger partial charge in [-0.05, 0) is 46.7 Å². The third-order valence-electron chi connectivity index (χ3n) is 5.59. The van der Waals surface area contributed by atoms with Gasteiger partial charge in [-0.3, -0.25) is 4.79 Å².